The monoisotopic (exact) mass is 394 g/mol. The van der Waals surface area contributed by atoms with Gasteiger partial charge in [0.1, 0.15) is 0 Å². The summed E-state index contributed by atoms with van der Waals surface area (Å²) in [7, 11) is 0. The number of carbonyl (C=O) groups excluding carboxylic acids is 1. The summed E-state index contributed by atoms with van der Waals surface area (Å²) in [6.07, 6.45) is 2.74. The number of carbonyl (C=O) groups is 1. The molecule has 0 aliphatic carbocycles. The van der Waals surface area contributed by atoms with Crippen molar-refractivity contribution in [2.45, 2.75) is 39.7 Å². The minimum atomic E-state index is -0.519. The van der Waals surface area contributed by atoms with Gasteiger partial charge in [0.2, 0.25) is 0 Å². The Morgan fingerprint density at radius 1 is 1.14 bits per heavy atom. The molecule has 150 valence electrons. The fraction of sp³-hybridized carbons (Fsp3) is 0.286. The predicted molar refractivity (Wildman–Crippen MR) is 111 cm³/mol. The number of anilines is 1. The number of unbranched alkanes of at least 4 members (excludes halogenated alkanes) is 2. The SMILES string of the molecule is CCCCCn1nc(C(=O)Nc2cccc([N+](=O)[O-])c2C)c2ccccc2c1=O. The quantitative estimate of drug-likeness (QED) is 0.369. The minimum absolute atomic E-state index is 0.0786. The van der Waals surface area contributed by atoms with Crippen molar-refractivity contribution in [1.29, 1.82) is 0 Å². The molecule has 8 heteroatoms. The molecule has 0 fully saturated rings. The van der Waals surface area contributed by atoms with Crippen molar-refractivity contribution < 1.29 is 9.72 Å². The van der Waals surface area contributed by atoms with Crippen LogP contribution < -0.4 is 10.9 Å². The minimum Gasteiger partial charge on any atom is -0.320 e. The summed E-state index contributed by atoms with van der Waals surface area (Å²) < 4.78 is 1.33. The number of amides is 1. The largest absolute Gasteiger partial charge is 0.320 e. The van der Waals surface area contributed by atoms with Crippen LogP contribution in [0.4, 0.5) is 11.4 Å². The molecule has 0 saturated carbocycles. The maximum absolute atomic E-state index is 13.0. The molecule has 0 saturated heterocycles. The average Bonchev–Trinajstić information content (AvgIpc) is 2.71. The summed E-state index contributed by atoms with van der Waals surface area (Å²) in [6, 6.07) is 11.3. The average molecular weight is 394 g/mol. The van der Waals surface area contributed by atoms with Gasteiger partial charge in [-0.05, 0) is 25.5 Å². The lowest BCUT2D eigenvalue weighted by molar-refractivity contribution is -0.385. The van der Waals surface area contributed by atoms with Gasteiger partial charge in [-0.3, -0.25) is 19.7 Å². The first-order valence-electron chi connectivity index (χ1n) is 9.49. The number of nitrogens with one attached hydrogen (secondary N) is 1. The second-order valence-electron chi connectivity index (χ2n) is 6.79. The van der Waals surface area contributed by atoms with Crippen molar-refractivity contribution >= 4 is 28.1 Å². The van der Waals surface area contributed by atoms with Crippen LogP contribution in [0, 0.1) is 17.0 Å². The molecule has 1 heterocycles. The summed E-state index contributed by atoms with van der Waals surface area (Å²) in [6.45, 7) is 4.06. The van der Waals surface area contributed by atoms with E-state index in [-0.39, 0.29) is 16.9 Å². The molecule has 0 aliphatic rings. The number of nitro benzene ring substituents is 1. The third-order valence-corrected chi connectivity index (χ3v) is 4.81. The van der Waals surface area contributed by atoms with E-state index in [1.807, 2.05) is 0 Å². The molecule has 1 amide bonds. The van der Waals surface area contributed by atoms with E-state index in [0.29, 0.717) is 28.6 Å². The third kappa shape index (κ3) is 4.16. The molecule has 0 radical (unpaired) electrons. The van der Waals surface area contributed by atoms with Crippen LogP contribution in [0.3, 0.4) is 0 Å². The number of nitro groups is 1. The standard InChI is InChI=1S/C21H22N4O4/c1-3-4-7-13-24-21(27)16-10-6-5-9-15(16)19(23-24)20(26)22-17-11-8-12-18(14(17)2)25(28)29/h5-6,8-12H,3-4,7,13H2,1-2H3,(H,22,26). The number of rotatable bonds is 7. The van der Waals surface area contributed by atoms with E-state index in [1.165, 1.54) is 16.8 Å². The Morgan fingerprint density at radius 2 is 1.86 bits per heavy atom. The molecule has 3 rings (SSSR count). The first-order chi connectivity index (χ1) is 13.9. The molecule has 29 heavy (non-hydrogen) atoms. The van der Waals surface area contributed by atoms with Crippen molar-refractivity contribution in [3.05, 3.63) is 74.2 Å². The van der Waals surface area contributed by atoms with E-state index < -0.39 is 10.8 Å². The fourth-order valence-electron chi connectivity index (χ4n) is 3.20. The molecular formula is C21H22N4O4. The summed E-state index contributed by atoms with van der Waals surface area (Å²) in [5, 5.41) is 19.0. The molecule has 0 aliphatic heterocycles. The normalized spacial score (nSPS) is 10.8. The Bertz CT molecular complexity index is 1140. The molecule has 1 aromatic heterocycles. The number of nitrogens with zero attached hydrogens (tertiary/aromatic N) is 3. The van der Waals surface area contributed by atoms with Crippen LogP contribution in [0.15, 0.2) is 47.3 Å². The summed E-state index contributed by atoms with van der Waals surface area (Å²) >= 11 is 0. The molecule has 0 unspecified atom stereocenters. The van der Waals surface area contributed by atoms with E-state index >= 15 is 0 Å². The second kappa shape index (κ2) is 8.64. The lowest BCUT2D eigenvalue weighted by Crippen LogP contribution is -2.28. The number of aromatic nitrogens is 2. The number of hydrogen-bond donors (Lipinski definition) is 1. The Labute approximate surface area is 167 Å². The van der Waals surface area contributed by atoms with Gasteiger partial charge in [-0.15, -0.1) is 0 Å². The predicted octanol–water partition coefficient (Wildman–Crippen LogP) is 4.06. The van der Waals surface area contributed by atoms with E-state index in [2.05, 4.69) is 17.3 Å². The van der Waals surface area contributed by atoms with Gasteiger partial charge in [0.25, 0.3) is 17.2 Å². The summed E-state index contributed by atoms with van der Waals surface area (Å²) in [4.78, 5) is 36.4. The van der Waals surface area contributed by atoms with Crippen LogP contribution in [0.2, 0.25) is 0 Å². The van der Waals surface area contributed by atoms with Gasteiger partial charge in [0, 0.05) is 18.0 Å². The highest BCUT2D eigenvalue weighted by molar-refractivity contribution is 6.11. The fourth-order valence-corrected chi connectivity index (χ4v) is 3.20. The van der Waals surface area contributed by atoms with E-state index in [4.69, 9.17) is 0 Å². The Balaban J connectivity index is 2.03. The van der Waals surface area contributed by atoms with Gasteiger partial charge in [-0.25, -0.2) is 4.68 Å². The van der Waals surface area contributed by atoms with Gasteiger partial charge in [0.05, 0.1) is 21.6 Å². The Hall–Kier alpha value is -3.55. The van der Waals surface area contributed by atoms with Crippen LogP contribution in [-0.2, 0) is 6.54 Å². The Kier molecular flexibility index (Phi) is 6.01. The second-order valence-corrected chi connectivity index (χ2v) is 6.79. The highest BCUT2D eigenvalue weighted by atomic mass is 16.6. The van der Waals surface area contributed by atoms with Gasteiger partial charge in [-0.2, -0.15) is 5.10 Å². The molecular weight excluding hydrogens is 372 g/mol. The summed E-state index contributed by atoms with van der Waals surface area (Å²) in [5.41, 5.74) is 0.484. The molecule has 3 aromatic rings. The van der Waals surface area contributed by atoms with Gasteiger partial charge in [-0.1, -0.05) is 44.0 Å². The van der Waals surface area contributed by atoms with E-state index in [1.54, 1.807) is 37.3 Å². The van der Waals surface area contributed by atoms with E-state index in [0.717, 1.165) is 19.3 Å². The molecule has 0 atom stereocenters. The molecule has 2 aromatic carbocycles. The number of fused-ring (bicyclic) bond motifs is 1. The van der Waals surface area contributed by atoms with Crippen LogP contribution in [0.1, 0.15) is 42.2 Å². The lowest BCUT2D eigenvalue weighted by Gasteiger charge is -2.12. The zero-order valence-corrected chi connectivity index (χ0v) is 16.3. The van der Waals surface area contributed by atoms with Crippen molar-refractivity contribution in [3.63, 3.8) is 0 Å². The smallest absolute Gasteiger partial charge is 0.276 e. The van der Waals surface area contributed by atoms with Crippen molar-refractivity contribution in [2.24, 2.45) is 0 Å². The van der Waals surface area contributed by atoms with Crippen LogP contribution in [0.25, 0.3) is 10.8 Å². The molecule has 1 N–H and O–H groups in total. The highest BCUT2D eigenvalue weighted by Gasteiger charge is 2.19. The van der Waals surface area contributed by atoms with Crippen LogP contribution in [-0.4, -0.2) is 20.6 Å². The molecule has 0 spiro atoms. The van der Waals surface area contributed by atoms with Gasteiger partial charge < -0.3 is 5.32 Å². The first kappa shape index (κ1) is 20.2. The number of aryl methyl sites for hydroxylation is 1. The summed E-state index contributed by atoms with van der Waals surface area (Å²) in [5.74, 6) is -0.519. The zero-order chi connectivity index (χ0) is 21.0. The highest BCUT2D eigenvalue weighted by Crippen LogP contribution is 2.26. The number of hydrogen-bond acceptors (Lipinski definition) is 5. The first-order valence-corrected chi connectivity index (χ1v) is 9.49. The zero-order valence-electron chi connectivity index (χ0n) is 16.3. The topological polar surface area (TPSA) is 107 Å². The van der Waals surface area contributed by atoms with Gasteiger partial charge >= 0.3 is 0 Å². The number of benzene rings is 2. The maximum Gasteiger partial charge on any atom is 0.276 e. The van der Waals surface area contributed by atoms with Crippen LogP contribution >= 0.6 is 0 Å². The Morgan fingerprint density at radius 3 is 2.55 bits per heavy atom. The molecule has 0 bridgehead atoms. The van der Waals surface area contributed by atoms with E-state index in [9.17, 15) is 19.7 Å². The third-order valence-electron chi connectivity index (χ3n) is 4.81. The maximum atomic E-state index is 13.0. The van der Waals surface area contributed by atoms with Crippen molar-refractivity contribution in [3.8, 4) is 0 Å². The molecule has 8 nitrogen and oxygen atoms in total. The van der Waals surface area contributed by atoms with Crippen molar-refractivity contribution in [2.75, 3.05) is 5.32 Å². The van der Waals surface area contributed by atoms with Gasteiger partial charge in [0.15, 0.2) is 5.69 Å². The van der Waals surface area contributed by atoms with Crippen molar-refractivity contribution in [1.82, 2.24) is 9.78 Å². The van der Waals surface area contributed by atoms with Crippen LogP contribution in [0.5, 0.6) is 0 Å². The lowest BCUT2D eigenvalue weighted by atomic mass is 10.1.